The first-order valence-corrected chi connectivity index (χ1v) is 7.19. The van der Waals surface area contributed by atoms with Crippen LogP contribution in [0.15, 0.2) is 24.3 Å². The van der Waals surface area contributed by atoms with E-state index in [0.717, 1.165) is 11.0 Å². The van der Waals surface area contributed by atoms with Crippen LogP contribution < -0.4 is 5.32 Å². The minimum atomic E-state index is -1.09. The first-order valence-electron chi connectivity index (χ1n) is 6.81. The maximum absolute atomic E-state index is 13.0. The third-order valence-corrected chi connectivity index (χ3v) is 3.41. The van der Waals surface area contributed by atoms with E-state index >= 15 is 0 Å². The zero-order chi connectivity index (χ0) is 17.0. The van der Waals surface area contributed by atoms with Crippen LogP contribution in [-0.4, -0.2) is 42.0 Å². The Bertz CT molecular complexity index is 677. The Labute approximate surface area is 136 Å². The van der Waals surface area contributed by atoms with E-state index in [1.165, 1.54) is 31.2 Å². The molecule has 0 saturated carbocycles. The highest BCUT2D eigenvalue weighted by Crippen LogP contribution is 2.17. The fourth-order valence-electron chi connectivity index (χ4n) is 1.95. The summed E-state index contributed by atoms with van der Waals surface area (Å²) in [6.45, 7) is 1.99. The number of urea groups is 1. The molecule has 2 rings (SSSR count). The molecule has 1 aromatic carbocycles. The molecular formula is C15H14ClFN2O4. The molecule has 0 aromatic heterocycles. The molecule has 1 atom stereocenters. The number of benzene rings is 1. The summed E-state index contributed by atoms with van der Waals surface area (Å²) >= 11 is 5.63. The molecule has 122 valence electrons. The number of nitrogens with one attached hydrogen (secondary N) is 1. The van der Waals surface area contributed by atoms with Crippen molar-refractivity contribution < 1.29 is 23.5 Å². The third kappa shape index (κ3) is 4.29. The van der Waals surface area contributed by atoms with Gasteiger partial charge in [-0.05, 0) is 30.7 Å². The Balaban J connectivity index is 1.93. The van der Waals surface area contributed by atoms with Gasteiger partial charge >= 0.3 is 12.0 Å². The average Bonchev–Trinajstić information content (AvgIpc) is 2.93. The Hall–Kier alpha value is -2.41. The van der Waals surface area contributed by atoms with Gasteiger partial charge in [-0.3, -0.25) is 9.69 Å². The molecular weight excluding hydrogens is 327 g/mol. The van der Waals surface area contributed by atoms with Crippen LogP contribution in [0.3, 0.4) is 0 Å². The standard InChI is InChI=1S/C15H14ClFN2O4/c1-9(14(21)19-7-6-18-15(19)22)23-13(20)5-3-10-2-4-12(17)11(16)8-10/h2-5,8-9H,6-7H2,1H3,(H,18,22)/b5-3+/t9-/m1/s1. The van der Waals surface area contributed by atoms with Crippen LogP contribution in [0.2, 0.25) is 5.02 Å². The highest BCUT2D eigenvalue weighted by atomic mass is 35.5. The van der Waals surface area contributed by atoms with Crippen LogP contribution in [0.25, 0.3) is 6.08 Å². The second-order valence-corrected chi connectivity index (χ2v) is 5.21. The second-order valence-electron chi connectivity index (χ2n) is 4.81. The van der Waals surface area contributed by atoms with Crippen LogP contribution in [0.1, 0.15) is 12.5 Å². The number of ether oxygens (including phenoxy) is 1. The predicted octanol–water partition coefficient (Wildman–Crippen LogP) is 1.98. The van der Waals surface area contributed by atoms with Gasteiger partial charge in [-0.2, -0.15) is 0 Å². The fraction of sp³-hybridized carbons (Fsp3) is 0.267. The van der Waals surface area contributed by atoms with Gasteiger partial charge in [0.1, 0.15) is 5.82 Å². The Morgan fingerprint density at radius 3 is 2.83 bits per heavy atom. The summed E-state index contributed by atoms with van der Waals surface area (Å²) in [7, 11) is 0. The van der Waals surface area contributed by atoms with Crippen molar-refractivity contribution in [2.75, 3.05) is 13.1 Å². The number of nitrogens with zero attached hydrogens (tertiary/aromatic N) is 1. The summed E-state index contributed by atoms with van der Waals surface area (Å²) < 4.78 is 18.0. The molecule has 8 heteroatoms. The molecule has 1 saturated heterocycles. The fourth-order valence-corrected chi connectivity index (χ4v) is 2.13. The zero-order valence-corrected chi connectivity index (χ0v) is 13.0. The molecule has 3 amide bonds. The summed E-state index contributed by atoms with van der Waals surface area (Å²) in [5, 5.41) is 2.42. The highest BCUT2D eigenvalue weighted by Gasteiger charge is 2.31. The van der Waals surface area contributed by atoms with Crippen molar-refractivity contribution in [3.8, 4) is 0 Å². The maximum atomic E-state index is 13.0. The van der Waals surface area contributed by atoms with Crippen LogP contribution >= 0.6 is 11.6 Å². The first-order chi connectivity index (χ1) is 10.9. The number of rotatable bonds is 4. The Morgan fingerprint density at radius 2 is 2.22 bits per heavy atom. The summed E-state index contributed by atoms with van der Waals surface area (Å²) in [6, 6.07) is 3.46. The summed E-state index contributed by atoms with van der Waals surface area (Å²) in [5.41, 5.74) is 0.506. The van der Waals surface area contributed by atoms with E-state index in [2.05, 4.69) is 5.32 Å². The molecule has 1 aliphatic rings. The van der Waals surface area contributed by atoms with Crippen molar-refractivity contribution in [1.82, 2.24) is 10.2 Å². The lowest BCUT2D eigenvalue weighted by molar-refractivity contribution is -0.153. The SMILES string of the molecule is C[C@@H](OC(=O)/C=C/c1ccc(F)c(Cl)c1)C(=O)N1CCNC1=O. The lowest BCUT2D eigenvalue weighted by atomic mass is 10.2. The molecule has 6 nitrogen and oxygen atoms in total. The maximum Gasteiger partial charge on any atom is 0.331 e. The minimum absolute atomic E-state index is 0.0656. The van der Waals surface area contributed by atoms with Crippen molar-refractivity contribution >= 4 is 35.6 Å². The molecule has 1 fully saturated rings. The number of hydrogen-bond acceptors (Lipinski definition) is 4. The summed E-state index contributed by atoms with van der Waals surface area (Å²) in [4.78, 5) is 36.0. The number of carbonyl (C=O) groups is 3. The van der Waals surface area contributed by atoms with Gasteiger partial charge in [-0.1, -0.05) is 17.7 Å². The topological polar surface area (TPSA) is 75.7 Å². The van der Waals surface area contributed by atoms with Crippen LogP contribution in [0, 0.1) is 5.82 Å². The number of esters is 1. The lowest BCUT2D eigenvalue weighted by Crippen LogP contribution is -2.41. The Kier molecular flexibility index (Phi) is 5.33. The third-order valence-electron chi connectivity index (χ3n) is 3.12. The molecule has 0 aliphatic carbocycles. The van der Waals surface area contributed by atoms with Gasteiger partial charge in [0.25, 0.3) is 5.91 Å². The normalized spacial score (nSPS) is 15.6. The highest BCUT2D eigenvalue weighted by molar-refractivity contribution is 6.30. The van der Waals surface area contributed by atoms with E-state index < -0.39 is 29.8 Å². The summed E-state index contributed by atoms with van der Waals surface area (Å²) in [6.07, 6.45) is 1.39. The average molecular weight is 341 g/mol. The minimum Gasteiger partial charge on any atom is -0.449 e. The van der Waals surface area contributed by atoms with Gasteiger partial charge in [0, 0.05) is 19.2 Å². The number of carbonyl (C=O) groups excluding carboxylic acids is 3. The van der Waals surface area contributed by atoms with Crippen molar-refractivity contribution in [1.29, 1.82) is 0 Å². The molecule has 1 heterocycles. The summed E-state index contributed by atoms with van der Waals surface area (Å²) in [5.74, 6) is -1.91. The van der Waals surface area contributed by atoms with Crippen LogP contribution in [0.4, 0.5) is 9.18 Å². The van der Waals surface area contributed by atoms with Gasteiger partial charge < -0.3 is 10.1 Å². The molecule has 0 spiro atoms. The molecule has 23 heavy (non-hydrogen) atoms. The second kappa shape index (κ2) is 7.23. The van der Waals surface area contributed by atoms with Gasteiger partial charge in [0.2, 0.25) is 0 Å². The van der Waals surface area contributed by atoms with Gasteiger partial charge in [0.15, 0.2) is 6.10 Å². The van der Waals surface area contributed by atoms with E-state index in [4.69, 9.17) is 16.3 Å². The predicted molar refractivity (Wildman–Crippen MR) is 81.1 cm³/mol. The quantitative estimate of drug-likeness (QED) is 0.671. The largest absolute Gasteiger partial charge is 0.449 e. The number of amides is 3. The van der Waals surface area contributed by atoms with Gasteiger partial charge in [0.05, 0.1) is 5.02 Å². The lowest BCUT2D eigenvalue weighted by Gasteiger charge is -2.17. The molecule has 1 aromatic rings. The van der Waals surface area contributed by atoms with E-state index in [0.29, 0.717) is 12.1 Å². The van der Waals surface area contributed by atoms with Gasteiger partial charge in [-0.25, -0.2) is 14.0 Å². The number of hydrogen-bond donors (Lipinski definition) is 1. The number of halogens is 2. The molecule has 0 bridgehead atoms. The van der Waals surface area contributed by atoms with E-state index in [9.17, 15) is 18.8 Å². The molecule has 1 aliphatic heterocycles. The van der Waals surface area contributed by atoms with Crippen LogP contribution in [-0.2, 0) is 14.3 Å². The number of imide groups is 1. The van der Waals surface area contributed by atoms with E-state index in [-0.39, 0.29) is 11.6 Å². The molecule has 1 N–H and O–H groups in total. The monoisotopic (exact) mass is 340 g/mol. The molecule has 0 unspecified atom stereocenters. The van der Waals surface area contributed by atoms with Crippen molar-refractivity contribution in [2.24, 2.45) is 0 Å². The zero-order valence-electron chi connectivity index (χ0n) is 12.2. The smallest absolute Gasteiger partial charge is 0.331 e. The van der Waals surface area contributed by atoms with Crippen molar-refractivity contribution in [2.45, 2.75) is 13.0 Å². The van der Waals surface area contributed by atoms with Crippen molar-refractivity contribution in [3.63, 3.8) is 0 Å². The van der Waals surface area contributed by atoms with Crippen molar-refractivity contribution in [3.05, 3.63) is 40.7 Å². The molecule has 0 radical (unpaired) electrons. The van der Waals surface area contributed by atoms with E-state index in [1.807, 2.05) is 0 Å². The van der Waals surface area contributed by atoms with E-state index in [1.54, 1.807) is 0 Å². The first kappa shape index (κ1) is 17.0. The van der Waals surface area contributed by atoms with Gasteiger partial charge in [-0.15, -0.1) is 0 Å². The van der Waals surface area contributed by atoms with Crippen LogP contribution in [0.5, 0.6) is 0 Å². The Morgan fingerprint density at radius 1 is 1.48 bits per heavy atom.